The Hall–Kier alpha value is -1.92. The lowest BCUT2D eigenvalue weighted by atomic mass is 9.93. The summed E-state index contributed by atoms with van der Waals surface area (Å²) in [6, 6.07) is 7.36. The monoisotopic (exact) mass is 347 g/mol. The Morgan fingerprint density at radius 1 is 1.36 bits per heavy atom. The molecular weight excluding hydrogens is 318 g/mol. The quantitative estimate of drug-likeness (QED) is 0.873. The predicted molar refractivity (Wildman–Crippen MR) is 97.2 cm³/mol. The summed E-state index contributed by atoms with van der Waals surface area (Å²) in [5.74, 6) is -0.312. The van der Waals surface area contributed by atoms with Crippen LogP contribution in [0.15, 0.2) is 24.3 Å². The molecule has 25 heavy (non-hydrogen) atoms. The van der Waals surface area contributed by atoms with Crippen LogP contribution in [-0.4, -0.2) is 67.6 Å². The summed E-state index contributed by atoms with van der Waals surface area (Å²) in [5, 5.41) is 2.99. The summed E-state index contributed by atoms with van der Waals surface area (Å²) in [4.78, 5) is 28.6. The van der Waals surface area contributed by atoms with E-state index in [1.807, 2.05) is 45.3 Å². The van der Waals surface area contributed by atoms with Gasteiger partial charge in [0.1, 0.15) is 6.61 Å². The van der Waals surface area contributed by atoms with Crippen LogP contribution in [0.4, 0.5) is 0 Å². The van der Waals surface area contributed by atoms with Crippen LogP contribution in [-0.2, 0) is 14.3 Å². The van der Waals surface area contributed by atoms with Crippen LogP contribution >= 0.6 is 0 Å². The largest absolute Gasteiger partial charge is 0.356 e. The molecule has 1 heterocycles. The van der Waals surface area contributed by atoms with Gasteiger partial charge in [0.2, 0.25) is 5.91 Å². The molecule has 138 valence electrons. The summed E-state index contributed by atoms with van der Waals surface area (Å²) in [6.45, 7) is 6.52. The third kappa shape index (κ3) is 4.19. The van der Waals surface area contributed by atoms with Gasteiger partial charge in [-0.15, -0.1) is 0 Å². The smallest absolute Gasteiger partial charge is 0.251 e. The number of amides is 2. The number of ether oxygens (including phenoxy) is 1. The lowest BCUT2D eigenvalue weighted by Crippen LogP contribution is -2.56. The maximum atomic E-state index is 12.8. The molecule has 1 aromatic carbocycles. The first-order valence-corrected chi connectivity index (χ1v) is 8.53. The summed E-state index contributed by atoms with van der Waals surface area (Å²) >= 11 is 0. The van der Waals surface area contributed by atoms with Gasteiger partial charge in [-0.3, -0.25) is 9.59 Å². The molecule has 1 aliphatic rings. The number of aryl methyl sites for hydroxylation is 1. The highest BCUT2D eigenvalue weighted by atomic mass is 16.5. The molecule has 0 saturated carbocycles. The number of benzene rings is 1. The molecule has 2 rings (SSSR count). The van der Waals surface area contributed by atoms with Crippen LogP contribution in [0.5, 0.6) is 0 Å². The van der Waals surface area contributed by atoms with Gasteiger partial charge in [0.15, 0.2) is 6.10 Å². The fourth-order valence-electron chi connectivity index (χ4n) is 2.78. The molecule has 1 aromatic rings. The Morgan fingerprint density at radius 2 is 2.00 bits per heavy atom. The topological polar surface area (TPSA) is 61.9 Å². The highest BCUT2D eigenvalue weighted by molar-refractivity contribution is 5.86. The second kappa shape index (κ2) is 7.54. The molecule has 0 radical (unpaired) electrons. The van der Waals surface area contributed by atoms with Crippen LogP contribution in [0.2, 0.25) is 0 Å². The number of rotatable bonds is 5. The van der Waals surface area contributed by atoms with Crippen LogP contribution in [0, 0.1) is 6.92 Å². The zero-order valence-corrected chi connectivity index (χ0v) is 16.0. The number of morpholine rings is 1. The predicted octanol–water partition coefficient (Wildman–Crippen LogP) is 1.35. The molecule has 0 spiro atoms. The molecule has 0 aromatic heterocycles. The van der Waals surface area contributed by atoms with Crippen LogP contribution in [0.1, 0.15) is 31.0 Å². The second-order valence-corrected chi connectivity index (χ2v) is 7.46. The Balaban J connectivity index is 2.23. The fraction of sp³-hybridized carbons (Fsp3) is 0.579. The molecular formula is C19H29N3O3. The molecule has 6 heteroatoms. The summed E-state index contributed by atoms with van der Waals surface area (Å²) in [5.41, 5.74) is 1.79. The number of hydrogen-bond acceptors (Lipinski definition) is 4. The van der Waals surface area contributed by atoms with Crippen molar-refractivity contribution in [3.63, 3.8) is 0 Å². The van der Waals surface area contributed by atoms with E-state index in [0.717, 1.165) is 11.1 Å². The van der Waals surface area contributed by atoms with Gasteiger partial charge in [0.25, 0.3) is 5.91 Å². The maximum absolute atomic E-state index is 12.8. The number of carbonyl (C=O) groups is 2. The lowest BCUT2D eigenvalue weighted by molar-refractivity contribution is -0.162. The van der Waals surface area contributed by atoms with E-state index in [4.69, 9.17) is 4.74 Å². The van der Waals surface area contributed by atoms with Gasteiger partial charge >= 0.3 is 0 Å². The van der Waals surface area contributed by atoms with E-state index < -0.39 is 12.1 Å². The van der Waals surface area contributed by atoms with E-state index in [9.17, 15) is 9.59 Å². The average molecular weight is 347 g/mol. The van der Waals surface area contributed by atoms with E-state index >= 15 is 0 Å². The standard InChI is InChI=1S/C19H29N3O3/c1-13-9-7-8-10-14(13)16-17(25-11-15(23)22(16)6)18(24)20-12-19(2,3)21(4)5/h7-10,16-17H,11-12H2,1-6H3,(H,20,24)/t16-,17+/m1/s1. The van der Waals surface area contributed by atoms with Crippen molar-refractivity contribution in [3.05, 3.63) is 35.4 Å². The first-order chi connectivity index (χ1) is 11.6. The number of hydrogen-bond donors (Lipinski definition) is 1. The number of carbonyl (C=O) groups excluding carboxylic acids is 2. The molecule has 1 saturated heterocycles. The molecule has 1 fully saturated rings. The van der Waals surface area contributed by atoms with Crippen molar-refractivity contribution in [1.82, 2.24) is 15.1 Å². The maximum Gasteiger partial charge on any atom is 0.251 e. The molecule has 6 nitrogen and oxygen atoms in total. The Kier molecular flexibility index (Phi) is 5.85. The zero-order valence-electron chi connectivity index (χ0n) is 16.0. The van der Waals surface area contributed by atoms with E-state index in [2.05, 4.69) is 24.1 Å². The minimum absolute atomic E-state index is 0.0754. The van der Waals surface area contributed by atoms with Gasteiger partial charge in [-0.25, -0.2) is 0 Å². The minimum Gasteiger partial charge on any atom is -0.356 e. The van der Waals surface area contributed by atoms with Crippen molar-refractivity contribution >= 4 is 11.8 Å². The second-order valence-electron chi connectivity index (χ2n) is 7.46. The summed E-state index contributed by atoms with van der Waals surface area (Å²) < 4.78 is 5.65. The van der Waals surface area contributed by atoms with E-state index in [1.165, 1.54) is 0 Å². The van der Waals surface area contributed by atoms with Crippen molar-refractivity contribution in [1.29, 1.82) is 0 Å². The fourth-order valence-corrected chi connectivity index (χ4v) is 2.78. The van der Waals surface area contributed by atoms with Crippen molar-refractivity contribution in [2.45, 2.75) is 38.5 Å². The summed E-state index contributed by atoms with van der Waals surface area (Å²) in [7, 11) is 5.68. The minimum atomic E-state index is -0.721. The molecule has 2 atom stereocenters. The first kappa shape index (κ1) is 19.4. The molecule has 0 unspecified atom stereocenters. The van der Waals surface area contributed by atoms with E-state index in [1.54, 1.807) is 11.9 Å². The van der Waals surface area contributed by atoms with E-state index in [-0.39, 0.29) is 24.0 Å². The van der Waals surface area contributed by atoms with Gasteiger partial charge in [-0.05, 0) is 46.0 Å². The van der Waals surface area contributed by atoms with Gasteiger partial charge in [0.05, 0.1) is 6.04 Å². The zero-order chi connectivity index (χ0) is 18.8. The normalized spacial score (nSPS) is 21.6. The third-order valence-corrected chi connectivity index (χ3v) is 5.16. The lowest BCUT2D eigenvalue weighted by Gasteiger charge is -2.39. The van der Waals surface area contributed by atoms with Gasteiger partial charge in [-0.2, -0.15) is 0 Å². The van der Waals surface area contributed by atoms with Crippen molar-refractivity contribution in [3.8, 4) is 0 Å². The number of likely N-dealkylation sites (N-methyl/N-ethyl adjacent to an activating group) is 2. The van der Waals surface area contributed by atoms with Gasteiger partial charge < -0.3 is 19.9 Å². The highest BCUT2D eigenvalue weighted by Crippen LogP contribution is 2.31. The molecule has 2 amide bonds. The van der Waals surface area contributed by atoms with Crippen molar-refractivity contribution in [2.24, 2.45) is 0 Å². The number of nitrogens with zero attached hydrogens (tertiary/aromatic N) is 2. The summed E-state index contributed by atoms with van der Waals surface area (Å²) in [6.07, 6.45) is -0.721. The first-order valence-electron chi connectivity index (χ1n) is 8.53. The van der Waals surface area contributed by atoms with E-state index in [0.29, 0.717) is 6.54 Å². The van der Waals surface area contributed by atoms with Gasteiger partial charge in [0, 0.05) is 19.1 Å². The Bertz CT molecular complexity index is 643. The molecule has 0 aliphatic carbocycles. The highest BCUT2D eigenvalue weighted by Gasteiger charge is 2.40. The van der Waals surface area contributed by atoms with Crippen LogP contribution < -0.4 is 5.32 Å². The SMILES string of the molecule is Cc1ccccc1[C@@H]1[C@@H](C(=O)NCC(C)(C)N(C)C)OCC(=O)N1C. The number of nitrogens with one attached hydrogen (secondary N) is 1. The van der Waals surface area contributed by atoms with Crippen LogP contribution in [0.25, 0.3) is 0 Å². The van der Waals surface area contributed by atoms with Crippen molar-refractivity contribution in [2.75, 3.05) is 34.3 Å². The molecule has 1 N–H and O–H groups in total. The third-order valence-electron chi connectivity index (χ3n) is 5.16. The van der Waals surface area contributed by atoms with Crippen molar-refractivity contribution < 1.29 is 14.3 Å². The average Bonchev–Trinajstić information content (AvgIpc) is 2.56. The molecule has 1 aliphatic heterocycles. The van der Waals surface area contributed by atoms with Gasteiger partial charge in [-0.1, -0.05) is 24.3 Å². The molecule has 0 bridgehead atoms. The van der Waals surface area contributed by atoms with Crippen LogP contribution in [0.3, 0.4) is 0 Å². The Labute approximate surface area is 150 Å². The Morgan fingerprint density at radius 3 is 2.60 bits per heavy atom.